The van der Waals surface area contributed by atoms with Crippen LogP contribution < -0.4 is 10.6 Å². The van der Waals surface area contributed by atoms with Crippen molar-refractivity contribution >= 4 is 17.3 Å². The van der Waals surface area contributed by atoms with E-state index in [9.17, 15) is 5.11 Å². The van der Waals surface area contributed by atoms with E-state index in [0.717, 1.165) is 58.4 Å². The van der Waals surface area contributed by atoms with Gasteiger partial charge in [-0.25, -0.2) is 0 Å². The molecule has 1 saturated heterocycles. The fraction of sp³-hybridized carbons (Fsp3) is 0.762. The van der Waals surface area contributed by atoms with E-state index in [2.05, 4.69) is 63.0 Å². The molecule has 2 heterocycles. The molecule has 0 spiro atoms. The summed E-state index contributed by atoms with van der Waals surface area (Å²) in [5.41, 5.74) is 0.465. The number of thiophene rings is 1. The van der Waals surface area contributed by atoms with Gasteiger partial charge in [-0.05, 0) is 49.3 Å². The van der Waals surface area contributed by atoms with Crippen LogP contribution in [0.4, 0.5) is 0 Å². The van der Waals surface area contributed by atoms with Gasteiger partial charge in [-0.15, -0.1) is 0 Å². The van der Waals surface area contributed by atoms with E-state index in [1.165, 1.54) is 5.56 Å². The molecule has 0 amide bonds. The van der Waals surface area contributed by atoms with Crippen molar-refractivity contribution in [2.45, 2.75) is 39.3 Å². The van der Waals surface area contributed by atoms with Crippen molar-refractivity contribution in [3.8, 4) is 0 Å². The predicted molar refractivity (Wildman–Crippen MR) is 122 cm³/mol. The molecule has 0 radical (unpaired) electrons. The smallest absolute Gasteiger partial charge is 0.191 e. The van der Waals surface area contributed by atoms with Gasteiger partial charge in [0.1, 0.15) is 0 Å². The summed E-state index contributed by atoms with van der Waals surface area (Å²) in [5.74, 6) is 0.752. The number of nitrogens with one attached hydrogen (secondary N) is 2. The molecule has 0 aromatic carbocycles. The van der Waals surface area contributed by atoms with Crippen molar-refractivity contribution in [1.29, 1.82) is 0 Å². The zero-order chi connectivity index (χ0) is 21.1. The van der Waals surface area contributed by atoms with Crippen LogP contribution in [0.5, 0.6) is 0 Å². The number of rotatable bonds is 11. The Morgan fingerprint density at radius 3 is 2.62 bits per heavy atom. The minimum Gasteiger partial charge on any atom is -0.387 e. The van der Waals surface area contributed by atoms with Gasteiger partial charge in [0.15, 0.2) is 5.96 Å². The topological polar surface area (TPSA) is 72.4 Å². The molecule has 7 nitrogen and oxygen atoms in total. The highest BCUT2D eigenvalue weighted by Gasteiger charge is 2.25. The number of guanidine groups is 1. The van der Waals surface area contributed by atoms with Crippen LogP contribution in [0.1, 0.15) is 39.3 Å². The monoisotopic (exact) mass is 425 g/mol. The molecule has 0 aliphatic carbocycles. The lowest BCUT2D eigenvalue weighted by atomic mass is 10.1. The van der Waals surface area contributed by atoms with Gasteiger partial charge in [-0.3, -0.25) is 14.8 Å². The SMILES string of the molecule is CCNC(=NCC(C)(O)CN1CCOCC1)NCC(c1ccsc1)N(CC)CC. The highest BCUT2D eigenvalue weighted by Crippen LogP contribution is 2.22. The molecule has 166 valence electrons. The van der Waals surface area contributed by atoms with Crippen LogP contribution in [0.2, 0.25) is 0 Å². The first-order valence-corrected chi connectivity index (χ1v) is 11.7. The van der Waals surface area contributed by atoms with Crippen molar-refractivity contribution in [3.63, 3.8) is 0 Å². The average molecular weight is 426 g/mol. The Hall–Kier alpha value is -1.19. The van der Waals surface area contributed by atoms with Crippen LogP contribution >= 0.6 is 11.3 Å². The molecule has 2 unspecified atom stereocenters. The fourth-order valence-corrected chi connectivity index (χ4v) is 4.37. The molecule has 1 aromatic heterocycles. The van der Waals surface area contributed by atoms with Gasteiger partial charge in [0, 0.05) is 32.7 Å². The largest absolute Gasteiger partial charge is 0.387 e. The normalized spacial score (nSPS) is 19.2. The maximum Gasteiger partial charge on any atom is 0.191 e. The van der Waals surface area contributed by atoms with Crippen LogP contribution in [0, 0.1) is 0 Å². The van der Waals surface area contributed by atoms with Crippen molar-refractivity contribution in [2.24, 2.45) is 4.99 Å². The van der Waals surface area contributed by atoms with E-state index in [4.69, 9.17) is 4.74 Å². The highest BCUT2D eigenvalue weighted by atomic mass is 32.1. The van der Waals surface area contributed by atoms with Gasteiger partial charge in [0.25, 0.3) is 0 Å². The van der Waals surface area contributed by atoms with E-state index in [1.807, 2.05) is 6.92 Å². The van der Waals surface area contributed by atoms with Gasteiger partial charge in [0.05, 0.1) is 31.4 Å². The second-order valence-corrected chi connectivity index (χ2v) is 8.54. The van der Waals surface area contributed by atoms with E-state index < -0.39 is 5.60 Å². The molecule has 1 aliphatic heterocycles. The Morgan fingerprint density at radius 1 is 1.31 bits per heavy atom. The maximum absolute atomic E-state index is 10.8. The second-order valence-electron chi connectivity index (χ2n) is 7.76. The van der Waals surface area contributed by atoms with Gasteiger partial charge in [-0.2, -0.15) is 11.3 Å². The summed E-state index contributed by atoms with van der Waals surface area (Å²) >= 11 is 1.73. The molecule has 29 heavy (non-hydrogen) atoms. The van der Waals surface area contributed by atoms with Crippen molar-refractivity contribution in [2.75, 3.05) is 65.6 Å². The number of nitrogens with zero attached hydrogens (tertiary/aromatic N) is 3. The third-order valence-corrected chi connectivity index (χ3v) is 5.94. The summed E-state index contributed by atoms with van der Waals surface area (Å²) in [7, 11) is 0. The first-order valence-electron chi connectivity index (χ1n) is 10.8. The summed E-state index contributed by atoms with van der Waals surface area (Å²) in [5, 5.41) is 22.0. The van der Waals surface area contributed by atoms with Crippen LogP contribution in [-0.4, -0.2) is 92.0 Å². The van der Waals surface area contributed by atoms with E-state index in [1.54, 1.807) is 11.3 Å². The number of likely N-dealkylation sites (N-methyl/N-ethyl adjacent to an activating group) is 1. The molecule has 1 aliphatic rings. The predicted octanol–water partition coefficient (Wildman–Crippen LogP) is 1.77. The Kier molecular flexibility index (Phi) is 10.4. The number of β-amino-alcohol motifs (C(OH)–C–C–N with tert-alkyl or cyclic N) is 1. The number of hydrogen-bond acceptors (Lipinski definition) is 6. The molecular weight excluding hydrogens is 386 g/mol. The molecule has 8 heteroatoms. The van der Waals surface area contributed by atoms with Crippen LogP contribution in [0.3, 0.4) is 0 Å². The summed E-state index contributed by atoms with van der Waals surface area (Å²) in [6.07, 6.45) is 0. The molecular formula is C21H39N5O2S. The van der Waals surface area contributed by atoms with E-state index in [0.29, 0.717) is 19.1 Å². The second kappa shape index (κ2) is 12.5. The number of hydrogen-bond donors (Lipinski definition) is 3. The van der Waals surface area contributed by atoms with E-state index in [-0.39, 0.29) is 0 Å². The Morgan fingerprint density at radius 2 is 2.03 bits per heavy atom. The zero-order valence-electron chi connectivity index (χ0n) is 18.5. The molecule has 2 rings (SSSR count). The Labute approximate surface area is 180 Å². The number of aliphatic hydroxyl groups is 1. The third-order valence-electron chi connectivity index (χ3n) is 5.23. The van der Waals surface area contributed by atoms with Crippen molar-refractivity contribution in [1.82, 2.24) is 20.4 Å². The summed E-state index contributed by atoms with van der Waals surface area (Å²) in [6.45, 7) is 16.0. The van der Waals surface area contributed by atoms with Crippen molar-refractivity contribution in [3.05, 3.63) is 22.4 Å². The molecule has 0 saturated carbocycles. The number of morpholine rings is 1. The maximum atomic E-state index is 10.8. The first-order chi connectivity index (χ1) is 14.0. The minimum absolute atomic E-state index is 0.300. The molecule has 3 N–H and O–H groups in total. The van der Waals surface area contributed by atoms with Crippen LogP contribution in [0.15, 0.2) is 21.8 Å². The molecule has 1 fully saturated rings. The minimum atomic E-state index is -0.870. The highest BCUT2D eigenvalue weighted by molar-refractivity contribution is 7.07. The lowest BCUT2D eigenvalue weighted by molar-refractivity contribution is -0.0180. The average Bonchev–Trinajstić information content (AvgIpc) is 3.24. The van der Waals surface area contributed by atoms with Gasteiger partial charge in [-0.1, -0.05) is 13.8 Å². The lowest BCUT2D eigenvalue weighted by Gasteiger charge is -2.33. The summed E-state index contributed by atoms with van der Waals surface area (Å²) < 4.78 is 5.39. The van der Waals surface area contributed by atoms with E-state index >= 15 is 0 Å². The van der Waals surface area contributed by atoms with Gasteiger partial charge >= 0.3 is 0 Å². The fourth-order valence-electron chi connectivity index (χ4n) is 3.66. The van der Waals surface area contributed by atoms with Crippen LogP contribution in [0.25, 0.3) is 0 Å². The third kappa shape index (κ3) is 8.22. The molecule has 2 atom stereocenters. The zero-order valence-corrected chi connectivity index (χ0v) is 19.3. The standard InChI is InChI=1S/C21H39N5O2S/c1-5-22-20(24-16-21(4,27)17-25-9-11-28-12-10-25)23-14-19(26(6-2)7-3)18-8-13-29-15-18/h8,13,15,19,27H,5-7,9-12,14,16-17H2,1-4H3,(H2,22,23,24). The van der Waals surface area contributed by atoms with Gasteiger partial charge in [0.2, 0.25) is 0 Å². The number of ether oxygens (including phenoxy) is 1. The number of aliphatic imine (C=N–C) groups is 1. The van der Waals surface area contributed by atoms with Crippen molar-refractivity contribution < 1.29 is 9.84 Å². The molecule has 0 bridgehead atoms. The Balaban J connectivity index is 1.97. The Bertz CT molecular complexity index is 584. The first kappa shape index (κ1) is 24.1. The molecule has 1 aromatic rings. The lowest BCUT2D eigenvalue weighted by Crippen LogP contribution is -2.48. The summed E-state index contributed by atoms with van der Waals surface area (Å²) in [6, 6.07) is 2.50. The quantitative estimate of drug-likeness (QED) is 0.371. The van der Waals surface area contributed by atoms with Crippen LogP contribution in [-0.2, 0) is 4.74 Å². The summed E-state index contributed by atoms with van der Waals surface area (Å²) in [4.78, 5) is 9.38. The van der Waals surface area contributed by atoms with Gasteiger partial charge < -0.3 is 20.5 Å².